The van der Waals surface area contributed by atoms with Crippen molar-refractivity contribution < 1.29 is 9.18 Å². The fraction of sp³-hybridized carbons (Fsp3) is 0.286. The molecule has 1 saturated heterocycles. The van der Waals surface area contributed by atoms with Crippen molar-refractivity contribution in [1.29, 1.82) is 0 Å². The Labute approximate surface area is 146 Å². The summed E-state index contributed by atoms with van der Waals surface area (Å²) in [6, 6.07) is 14.5. The summed E-state index contributed by atoms with van der Waals surface area (Å²) in [6.07, 6.45) is 5.01. The monoisotopic (exact) mass is 336 g/mol. The molecule has 1 amide bonds. The van der Waals surface area contributed by atoms with Gasteiger partial charge in [-0.1, -0.05) is 24.6 Å². The zero-order valence-corrected chi connectivity index (χ0v) is 14.0. The van der Waals surface area contributed by atoms with Crippen molar-refractivity contribution in [2.45, 2.75) is 25.2 Å². The van der Waals surface area contributed by atoms with Crippen LogP contribution in [0.5, 0.6) is 0 Å². The molecule has 0 aliphatic carbocycles. The van der Waals surface area contributed by atoms with E-state index in [9.17, 15) is 9.18 Å². The Morgan fingerprint density at radius 2 is 1.92 bits per heavy atom. The van der Waals surface area contributed by atoms with E-state index in [0.29, 0.717) is 6.54 Å². The number of H-pyrrole nitrogens is 1. The topological polar surface area (TPSA) is 36.1 Å². The highest BCUT2D eigenvalue weighted by Gasteiger charge is 2.24. The van der Waals surface area contributed by atoms with Crippen LogP contribution >= 0.6 is 0 Å². The lowest BCUT2D eigenvalue weighted by Crippen LogP contribution is -2.34. The molecule has 0 spiro atoms. The summed E-state index contributed by atoms with van der Waals surface area (Å²) >= 11 is 0. The molecule has 3 nitrogen and oxygen atoms in total. The van der Waals surface area contributed by atoms with Crippen LogP contribution in [0.1, 0.15) is 41.1 Å². The maximum absolute atomic E-state index is 13.2. The van der Waals surface area contributed by atoms with Gasteiger partial charge in [-0.25, -0.2) is 4.39 Å². The van der Waals surface area contributed by atoms with Crippen LogP contribution in [-0.2, 0) is 0 Å². The van der Waals surface area contributed by atoms with Gasteiger partial charge in [0.1, 0.15) is 5.82 Å². The summed E-state index contributed by atoms with van der Waals surface area (Å²) in [5, 5.41) is 1.11. The van der Waals surface area contributed by atoms with Crippen molar-refractivity contribution >= 4 is 16.8 Å². The number of fused-ring (bicyclic) bond motifs is 1. The smallest absolute Gasteiger partial charge is 0.253 e. The van der Waals surface area contributed by atoms with E-state index in [0.717, 1.165) is 47.8 Å². The van der Waals surface area contributed by atoms with Gasteiger partial charge in [-0.3, -0.25) is 4.79 Å². The highest BCUT2D eigenvalue weighted by Crippen LogP contribution is 2.28. The molecule has 1 atom stereocenters. The first-order valence-corrected chi connectivity index (χ1v) is 8.82. The van der Waals surface area contributed by atoms with Crippen molar-refractivity contribution in [2.75, 3.05) is 13.1 Å². The van der Waals surface area contributed by atoms with Gasteiger partial charge in [0.25, 0.3) is 5.91 Å². The number of hydrogen-bond donors (Lipinski definition) is 1. The Kier molecular flexibility index (Phi) is 4.26. The van der Waals surface area contributed by atoms with Gasteiger partial charge in [0.2, 0.25) is 0 Å². The molecule has 0 saturated carbocycles. The number of carbonyl (C=O) groups is 1. The molecule has 0 bridgehead atoms. The van der Waals surface area contributed by atoms with Crippen LogP contribution in [-0.4, -0.2) is 28.9 Å². The van der Waals surface area contributed by atoms with Crippen molar-refractivity contribution in [2.24, 2.45) is 0 Å². The van der Waals surface area contributed by atoms with E-state index in [1.807, 2.05) is 47.5 Å². The number of nitrogens with zero attached hydrogens (tertiary/aromatic N) is 1. The summed E-state index contributed by atoms with van der Waals surface area (Å²) in [6.45, 7) is 1.46. The van der Waals surface area contributed by atoms with Gasteiger partial charge in [0.15, 0.2) is 0 Å². The minimum Gasteiger partial charge on any atom is -0.361 e. The minimum absolute atomic E-state index is 0.0745. The number of halogens is 1. The van der Waals surface area contributed by atoms with Crippen LogP contribution in [0, 0.1) is 5.82 Å². The zero-order chi connectivity index (χ0) is 17.2. The molecule has 3 aromatic rings. The first kappa shape index (κ1) is 15.9. The number of nitrogens with one attached hydrogen (secondary N) is 1. The molecule has 25 heavy (non-hydrogen) atoms. The second-order valence-corrected chi connectivity index (χ2v) is 6.78. The predicted octanol–water partition coefficient (Wildman–Crippen LogP) is 4.72. The molecular weight excluding hydrogens is 315 g/mol. The molecule has 1 N–H and O–H groups in total. The van der Waals surface area contributed by atoms with E-state index in [-0.39, 0.29) is 17.6 Å². The molecule has 4 rings (SSSR count). The number of carbonyl (C=O) groups excluding carboxylic acids is 1. The minimum atomic E-state index is -0.218. The third kappa shape index (κ3) is 3.29. The average Bonchev–Trinajstić information content (AvgIpc) is 2.97. The summed E-state index contributed by atoms with van der Waals surface area (Å²) in [5.74, 6) is 0.122. The number of benzene rings is 2. The second-order valence-electron chi connectivity index (χ2n) is 6.78. The maximum Gasteiger partial charge on any atom is 0.253 e. The Balaban J connectivity index is 1.57. The molecular formula is C21H21FN2O. The molecule has 1 aliphatic rings. The summed E-state index contributed by atoms with van der Waals surface area (Å²) in [5.41, 5.74) is 2.81. The molecule has 128 valence electrons. The second kappa shape index (κ2) is 6.71. The van der Waals surface area contributed by atoms with Gasteiger partial charge in [-0.05, 0) is 54.1 Å². The van der Waals surface area contributed by atoms with Crippen molar-refractivity contribution in [3.63, 3.8) is 0 Å². The standard InChI is InChI=1S/C21H21FN2O/c22-19-8-6-15(7-9-19)18-3-1-2-12-24(14-18)21(25)17-5-4-16-10-11-23-20(16)13-17/h4-11,13,18,23H,1-3,12,14H2. The largest absolute Gasteiger partial charge is 0.361 e. The zero-order valence-electron chi connectivity index (χ0n) is 14.0. The van der Waals surface area contributed by atoms with Crippen molar-refractivity contribution in [3.05, 3.63) is 71.7 Å². The molecule has 0 radical (unpaired) electrons. The van der Waals surface area contributed by atoms with E-state index in [2.05, 4.69) is 4.98 Å². The molecule has 2 heterocycles. The third-order valence-electron chi connectivity index (χ3n) is 5.10. The van der Waals surface area contributed by atoms with Gasteiger partial charge in [0, 0.05) is 36.3 Å². The predicted molar refractivity (Wildman–Crippen MR) is 97.2 cm³/mol. The van der Waals surface area contributed by atoms with Gasteiger partial charge >= 0.3 is 0 Å². The molecule has 4 heteroatoms. The SMILES string of the molecule is O=C(c1ccc2cc[nH]c2c1)N1CCCCC(c2ccc(F)cc2)C1. The summed E-state index contributed by atoms with van der Waals surface area (Å²) < 4.78 is 13.2. The Morgan fingerprint density at radius 3 is 2.76 bits per heavy atom. The molecule has 2 aromatic carbocycles. The number of hydrogen-bond acceptors (Lipinski definition) is 1. The van der Waals surface area contributed by atoms with Crippen molar-refractivity contribution in [3.8, 4) is 0 Å². The first-order chi connectivity index (χ1) is 12.2. The third-order valence-corrected chi connectivity index (χ3v) is 5.10. The van der Waals surface area contributed by atoms with E-state index < -0.39 is 0 Å². The van der Waals surface area contributed by atoms with Gasteiger partial charge in [-0.2, -0.15) is 0 Å². The fourth-order valence-corrected chi connectivity index (χ4v) is 3.70. The quantitative estimate of drug-likeness (QED) is 0.722. The average molecular weight is 336 g/mol. The van der Waals surface area contributed by atoms with Crippen LogP contribution in [0.4, 0.5) is 4.39 Å². The van der Waals surface area contributed by atoms with Crippen molar-refractivity contribution in [1.82, 2.24) is 9.88 Å². The summed E-state index contributed by atoms with van der Waals surface area (Å²) in [4.78, 5) is 18.1. The van der Waals surface area contributed by atoms with Gasteiger partial charge in [-0.15, -0.1) is 0 Å². The Morgan fingerprint density at radius 1 is 1.08 bits per heavy atom. The molecule has 1 unspecified atom stereocenters. The van der Waals surface area contributed by atoms with Crippen LogP contribution in [0.3, 0.4) is 0 Å². The van der Waals surface area contributed by atoms with Crippen LogP contribution in [0.15, 0.2) is 54.7 Å². The summed E-state index contributed by atoms with van der Waals surface area (Å²) in [7, 11) is 0. The lowest BCUT2D eigenvalue weighted by atomic mass is 9.94. The highest BCUT2D eigenvalue weighted by molar-refractivity contribution is 5.98. The van der Waals surface area contributed by atoms with E-state index >= 15 is 0 Å². The molecule has 1 aliphatic heterocycles. The van der Waals surface area contributed by atoms with Crippen LogP contribution in [0.25, 0.3) is 10.9 Å². The number of likely N-dealkylation sites (tertiary alicyclic amines) is 1. The number of aromatic amines is 1. The van der Waals surface area contributed by atoms with E-state index in [1.54, 1.807) is 0 Å². The van der Waals surface area contributed by atoms with Gasteiger partial charge in [0.05, 0.1) is 0 Å². The normalized spacial score (nSPS) is 18.3. The van der Waals surface area contributed by atoms with Crippen LogP contribution < -0.4 is 0 Å². The Hall–Kier alpha value is -2.62. The maximum atomic E-state index is 13.2. The lowest BCUT2D eigenvalue weighted by Gasteiger charge is -2.25. The van der Waals surface area contributed by atoms with E-state index in [4.69, 9.17) is 0 Å². The molecule has 1 aromatic heterocycles. The number of amides is 1. The number of aromatic nitrogens is 1. The lowest BCUT2D eigenvalue weighted by molar-refractivity contribution is 0.0754. The number of rotatable bonds is 2. The highest BCUT2D eigenvalue weighted by atomic mass is 19.1. The Bertz CT molecular complexity index is 884. The van der Waals surface area contributed by atoms with Gasteiger partial charge < -0.3 is 9.88 Å². The fourth-order valence-electron chi connectivity index (χ4n) is 3.70. The first-order valence-electron chi connectivity index (χ1n) is 8.82. The molecule has 1 fully saturated rings. The van der Waals surface area contributed by atoms with E-state index in [1.165, 1.54) is 12.1 Å². The van der Waals surface area contributed by atoms with Crippen LogP contribution in [0.2, 0.25) is 0 Å².